The Kier molecular flexibility index (Phi) is 4.49. The molecule has 6 heteroatoms. The average Bonchev–Trinajstić information content (AvgIpc) is 3.17. The molecule has 122 valence electrons. The van der Waals surface area contributed by atoms with Gasteiger partial charge in [0.05, 0.1) is 6.54 Å². The molecule has 0 atom stereocenters. The molecule has 0 unspecified atom stereocenters. The van der Waals surface area contributed by atoms with Crippen LogP contribution in [0.2, 0.25) is 0 Å². The summed E-state index contributed by atoms with van der Waals surface area (Å²) in [5.74, 6) is -0.0447. The molecule has 2 fully saturated rings. The van der Waals surface area contributed by atoms with Gasteiger partial charge < -0.3 is 10.2 Å². The summed E-state index contributed by atoms with van der Waals surface area (Å²) in [5, 5.41) is 7.49. The molecule has 1 aromatic rings. The first-order valence-corrected chi connectivity index (χ1v) is 8.31. The zero-order valence-corrected chi connectivity index (χ0v) is 13.7. The quantitative estimate of drug-likeness (QED) is 0.845. The summed E-state index contributed by atoms with van der Waals surface area (Å²) in [6.07, 6.45) is 6.83. The molecule has 0 saturated carbocycles. The average molecular weight is 305 g/mol. The SMILES string of the molecule is CN(C)CCn1ccc(C(=O)NCC23CCCN2CCC3)n1. The normalized spacial score (nSPS) is 20.5. The summed E-state index contributed by atoms with van der Waals surface area (Å²) >= 11 is 0. The number of rotatable bonds is 6. The van der Waals surface area contributed by atoms with Crippen molar-refractivity contribution in [2.24, 2.45) is 0 Å². The van der Waals surface area contributed by atoms with E-state index < -0.39 is 0 Å². The lowest BCUT2D eigenvalue weighted by atomic mass is 9.94. The molecular weight excluding hydrogens is 278 g/mol. The summed E-state index contributed by atoms with van der Waals surface area (Å²) in [5.41, 5.74) is 0.751. The molecule has 3 rings (SSSR count). The van der Waals surface area contributed by atoms with Crippen molar-refractivity contribution in [3.8, 4) is 0 Å². The molecule has 1 amide bonds. The highest BCUT2D eigenvalue weighted by molar-refractivity contribution is 5.92. The molecule has 22 heavy (non-hydrogen) atoms. The second kappa shape index (κ2) is 6.38. The molecule has 0 bridgehead atoms. The molecule has 2 aliphatic rings. The van der Waals surface area contributed by atoms with E-state index in [1.165, 1.54) is 38.8 Å². The van der Waals surface area contributed by atoms with Gasteiger partial charge in [0.15, 0.2) is 0 Å². The van der Waals surface area contributed by atoms with Gasteiger partial charge in [0.25, 0.3) is 5.91 Å². The van der Waals surface area contributed by atoms with Crippen LogP contribution in [0.5, 0.6) is 0 Å². The highest BCUT2D eigenvalue weighted by Gasteiger charge is 2.44. The Labute approximate surface area is 132 Å². The highest BCUT2D eigenvalue weighted by atomic mass is 16.2. The smallest absolute Gasteiger partial charge is 0.271 e. The van der Waals surface area contributed by atoms with Crippen LogP contribution in [-0.4, -0.2) is 71.3 Å². The Balaban J connectivity index is 1.54. The maximum Gasteiger partial charge on any atom is 0.271 e. The van der Waals surface area contributed by atoms with E-state index in [1.54, 1.807) is 0 Å². The van der Waals surface area contributed by atoms with Gasteiger partial charge in [0.2, 0.25) is 0 Å². The van der Waals surface area contributed by atoms with Gasteiger partial charge in [0, 0.05) is 24.8 Å². The summed E-state index contributed by atoms with van der Waals surface area (Å²) in [7, 11) is 4.07. The van der Waals surface area contributed by atoms with Crippen LogP contribution < -0.4 is 5.32 Å². The lowest BCUT2D eigenvalue weighted by Gasteiger charge is -2.32. The van der Waals surface area contributed by atoms with Crippen LogP contribution in [0.1, 0.15) is 36.2 Å². The first-order valence-electron chi connectivity index (χ1n) is 8.31. The highest BCUT2D eigenvalue weighted by Crippen LogP contribution is 2.38. The van der Waals surface area contributed by atoms with Crippen LogP contribution in [0.15, 0.2) is 12.3 Å². The minimum Gasteiger partial charge on any atom is -0.349 e. The Hall–Kier alpha value is -1.40. The van der Waals surface area contributed by atoms with Gasteiger partial charge in [-0.25, -0.2) is 0 Å². The number of likely N-dealkylation sites (N-methyl/N-ethyl adjacent to an activating group) is 1. The fourth-order valence-corrected chi connectivity index (χ4v) is 3.76. The molecule has 0 aliphatic carbocycles. The fourth-order valence-electron chi connectivity index (χ4n) is 3.76. The zero-order valence-electron chi connectivity index (χ0n) is 13.7. The van der Waals surface area contributed by atoms with E-state index in [9.17, 15) is 4.79 Å². The number of carbonyl (C=O) groups excluding carboxylic acids is 1. The van der Waals surface area contributed by atoms with E-state index in [0.717, 1.165) is 19.6 Å². The topological polar surface area (TPSA) is 53.4 Å². The molecular formula is C16H27N5O. The maximum absolute atomic E-state index is 12.3. The van der Waals surface area contributed by atoms with E-state index in [2.05, 4.69) is 20.2 Å². The van der Waals surface area contributed by atoms with Crippen molar-refractivity contribution < 1.29 is 4.79 Å². The number of carbonyl (C=O) groups is 1. The number of aromatic nitrogens is 2. The van der Waals surface area contributed by atoms with Gasteiger partial charge in [-0.1, -0.05) is 0 Å². The molecule has 0 aromatic carbocycles. The Morgan fingerprint density at radius 2 is 2.09 bits per heavy atom. The molecule has 2 aliphatic heterocycles. The molecule has 0 radical (unpaired) electrons. The first-order chi connectivity index (χ1) is 10.6. The number of fused-ring (bicyclic) bond motifs is 1. The van der Waals surface area contributed by atoms with Crippen LogP contribution in [0.25, 0.3) is 0 Å². The van der Waals surface area contributed by atoms with Crippen molar-refractivity contribution in [2.75, 3.05) is 40.3 Å². The minimum absolute atomic E-state index is 0.0447. The molecule has 0 spiro atoms. The first kappa shape index (κ1) is 15.5. The van der Waals surface area contributed by atoms with Gasteiger partial charge >= 0.3 is 0 Å². The van der Waals surface area contributed by atoms with Gasteiger partial charge in [-0.05, 0) is 58.9 Å². The summed E-state index contributed by atoms with van der Waals surface area (Å²) < 4.78 is 1.84. The predicted molar refractivity (Wildman–Crippen MR) is 85.9 cm³/mol. The minimum atomic E-state index is -0.0447. The van der Waals surface area contributed by atoms with Crippen molar-refractivity contribution in [1.29, 1.82) is 0 Å². The number of hydrogen-bond acceptors (Lipinski definition) is 4. The summed E-state index contributed by atoms with van der Waals surface area (Å²) in [6, 6.07) is 1.81. The van der Waals surface area contributed by atoms with Crippen molar-refractivity contribution in [3.63, 3.8) is 0 Å². The van der Waals surface area contributed by atoms with Gasteiger partial charge in [-0.2, -0.15) is 5.10 Å². The van der Waals surface area contributed by atoms with Crippen LogP contribution >= 0.6 is 0 Å². The number of nitrogens with zero attached hydrogens (tertiary/aromatic N) is 4. The molecule has 1 aromatic heterocycles. The van der Waals surface area contributed by atoms with E-state index >= 15 is 0 Å². The van der Waals surface area contributed by atoms with Crippen molar-refractivity contribution in [1.82, 2.24) is 24.9 Å². The van der Waals surface area contributed by atoms with Crippen molar-refractivity contribution in [2.45, 2.75) is 37.8 Å². The second-order valence-electron chi connectivity index (χ2n) is 6.87. The van der Waals surface area contributed by atoms with Crippen molar-refractivity contribution >= 4 is 5.91 Å². The third-order valence-corrected chi connectivity index (χ3v) is 5.04. The van der Waals surface area contributed by atoms with E-state index in [1.807, 2.05) is 31.0 Å². The third kappa shape index (κ3) is 3.17. The Morgan fingerprint density at radius 3 is 2.77 bits per heavy atom. The number of hydrogen-bond donors (Lipinski definition) is 1. The van der Waals surface area contributed by atoms with Crippen LogP contribution in [0, 0.1) is 0 Å². The van der Waals surface area contributed by atoms with Gasteiger partial charge in [0.1, 0.15) is 5.69 Å². The molecule has 6 nitrogen and oxygen atoms in total. The lowest BCUT2D eigenvalue weighted by molar-refractivity contribution is 0.0913. The monoisotopic (exact) mass is 305 g/mol. The van der Waals surface area contributed by atoms with E-state index in [-0.39, 0.29) is 11.4 Å². The third-order valence-electron chi connectivity index (χ3n) is 5.04. The van der Waals surface area contributed by atoms with E-state index in [4.69, 9.17) is 0 Å². The largest absolute Gasteiger partial charge is 0.349 e. The number of nitrogens with one attached hydrogen (secondary N) is 1. The van der Waals surface area contributed by atoms with Crippen LogP contribution in [0.4, 0.5) is 0 Å². The standard InChI is InChI=1S/C16H27N5O/c1-19(2)11-12-21-10-5-14(18-21)15(22)17-13-16-6-3-8-20(16)9-4-7-16/h5,10H,3-4,6-9,11-13H2,1-2H3,(H,17,22). The van der Waals surface area contributed by atoms with Crippen LogP contribution in [0.3, 0.4) is 0 Å². The predicted octanol–water partition coefficient (Wildman–Crippen LogP) is 0.803. The Morgan fingerprint density at radius 1 is 1.36 bits per heavy atom. The number of amides is 1. The van der Waals surface area contributed by atoms with E-state index in [0.29, 0.717) is 5.69 Å². The summed E-state index contributed by atoms with van der Waals surface area (Å²) in [6.45, 7) is 4.86. The second-order valence-corrected chi connectivity index (χ2v) is 6.87. The van der Waals surface area contributed by atoms with Crippen LogP contribution in [-0.2, 0) is 6.54 Å². The molecule has 2 saturated heterocycles. The van der Waals surface area contributed by atoms with Gasteiger partial charge in [-0.3, -0.25) is 14.4 Å². The summed E-state index contributed by atoms with van der Waals surface area (Å²) in [4.78, 5) is 17.0. The molecule has 1 N–H and O–H groups in total. The fraction of sp³-hybridized carbons (Fsp3) is 0.750. The van der Waals surface area contributed by atoms with Gasteiger partial charge in [-0.15, -0.1) is 0 Å². The lowest BCUT2D eigenvalue weighted by Crippen LogP contribution is -2.48. The molecule has 3 heterocycles. The Bertz CT molecular complexity index is 514. The van der Waals surface area contributed by atoms with Crippen molar-refractivity contribution in [3.05, 3.63) is 18.0 Å². The zero-order chi connectivity index (χ0) is 15.6. The maximum atomic E-state index is 12.3.